The monoisotopic (exact) mass is 175 g/mol. The summed E-state index contributed by atoms with van der Waals surface area (Å²) in [6, 6.07) is 11.4. The molecule has 0 amide bonds. The first-order chi connectivity index (χ1) is 6.38. The van der Waals surface area contributed by atoms with E-state index in [2.05, 4.69) is 42.2 Å². The summed E-state index contributed by atoms with van der Waals surface area (Å²) in [5.74, 6) is 0. The Hall–Kier alpha value is -0.820. The topological polar surface area (TPSA) is 3.24 Å². The number of hydrogen-bond donors (Lipinski definition) is 0. The molecule has 1 heterocycles. The Morgan fingerprint density at radius 3 is 2.31 bits per heavy atom. The molecule has 1 nitrogen and oxygen atoms in total. The summed E-state index contributed by atoms with van der Waals surface area (Å²) in [5, 5.41) is 0. The molecule has 0 radical (unpaired) electrons. The second-order valence-electron chi connectivity index (χ2n) is 3.83. The van der Waals surface area contributed by atoms with Gasteiger partial charge in [-0.05, 0) is 38.4 Å². The van der Waals surface area contributed by atoms with Crippen LogP contribution in [0.2, 0.25) is 0 Å². The average Bonchev–Trinajstić information content (AvgIpc) is 2.71. The number of likely N-dealkylation sites (tertiary alicyclic amines) is 1. The van der Waals surface area contributed by atoms with Crippen molar-refractivity contribution in [1.29, 1.82) is 0 Å². The molecule has 1 saturated heterocycles. The molecular weight excluding hydrogens is 158 g/mol. The molecule has 0 bridgehead atoms. The summed E-state index contributed by atoms with van der Waals surface area (Å²) < 4.78 is 0. The molecule has 70 valence electrons. The summed E-state index contributed by atoms with van der Waals surface area (Å²) in [6.07, 6.45) is 2.74. The predicted octanol–water partition coefficient (Wildman–Crippen LogP) is 2.84. The van der Waals surface area contributed by atoms with E-state index in [0.717, 1.165) is 0 Å². The predicted molar refractivity (Wildman–Crippen MR) is 55.7 cm³/mol. The minimum absolute atomic E-state index is 0.601. The van der Waals surface area contributed by atoms with E-state index in [9.17, 15) is 0 Å². The van der Waals surface area contributed by atoms with Gasteiger partial charge in [-0.25, -0.2) is 0 Å². The van der Waals surface area contributed by atoms with Gasteiger partial charge in [-0.1, -0.05) is 30.3 Å². The third-order valence-corrected chi connectivity index (χ3v) is 2.97. The van der Waals surface area contributed by atoms with Gasteiger partial charge in [0.25, 0.3) is 0 Å². The van der Waals surface area contributed by atoms with Gasteiger partial charge in [0.05, 0.1) is 0 Å². The minimum Gasteiger partial charge on any atom is -0.297 e. The van der Waals surface area contributed by atoms with Crippen molar-refractivity contribution in [2.24, 2.45) is 0 Å². The average molecular weight is 175 g/mol. The fourth-order valence-corrected chi connectivity index (χ4v) is 2.07. The molecule has 1 aliphatic heterocycles. The van der Waals surface area contributed by atoms with Crippen LogP contribution in [0.5, 0.6) is 0 Å². The van der Waals surface area contributed by atoms with E-state index in [1.165, 1.54) is 31.5 Å². The lowest BCUT2D eigenvalue weighted by molar-refractivity contribution is 0.263. The highest BCUT2D eigenvalue weighted by atomic mass is 15.2. The smallest absolute Gasteiger partial charge is 0.0319 e. The van der Waals surface area contributed by atoms with E-state index in [-0.39, 0.29) is 0 Å². The van der Waals surface area contributed by atoms with Crippen molar-refractivity contribution in [3.8, 4) is 0 Å². The Kier molecular flexibility index (Phi) is 2.65. The van der Waals surface area contributed by atoms with Crippen LogP contribution in [0.1, 0.15) is 31.4 Å². The van der Waals surface area contributed by atoms with Gasteiger partial charge in [0.2, 0.25) is 0 Å². The summed E-state index contributed by atoms with van der Waals surface area (Å²) >= 11 is 0. The van der Waals surface area contributed by atoms with Crippen LogP contribution >= 0.6 is 0 Å². The quantitative estimate of drug-likeness (QED) is 0.668. The van der Waals surface area contributed by atoms with Crippen LogP contribution in [-0.4, -0.2) is 18.0 Å². The van der Waals surface area contributed by atoms with Gasteiger partial charge in [-0.15, -0.1) is 0 Å². The lowest BCUT2D eigenvalue weighted by Gasteiger charge is -2.23. The third kappa shape index (κ3) is 1.92. The van der Waals surface area contributed by atoms with Crippen LogP contribution in [-0.2, 0) is 0 Å². The van der Waals surface area contributed by atoms with E-state index in [0.29, 0.717) is 6.04 Å². The van der Waals surface area contributed by atoms with Crippen molar-refractivity contribution in [1.82, 2.24) is 4.90 Å². The SMILES string of the molecule is C[C@H](c1ccccc1)N1CCCC1. The summed E-state index contributed by atoms with van der Waals surface area (Å²) in [5.41, 5.74) is 1.45. The summed E-state index contributed by atoms with van der Waals surface area (Å²) in [7, 11) is 0. The van der Waals surface area contributed by atoms with Crippen molar-refractivity contribution in [2.75, 3.05) is 13.1 Å². The first-order valence-electron chi connectivity index (χ1n) is 5.17. The first-order valence-corrected chi connectivity index (χ1v) is 5.17. The molecule has 1 atom stereocenters. The van der Waals surface area contributed by atoms with E-state index < -0.39 is 0 Å². The second kappa shape index (κ2) is 3.93. The Morgan fingerprint density at radius 1 is 1.08 bits per heavy atom. The number of rotatable bonds is 2. The highest BCUT2D eigenvalue weighted by Crippen LogP contribution is 2.23. The van der Waals surface area contributed by atoms with Crippen molar-refractivity contribution >= 4 is 0 Å². The van der Waals surface area contributed by atoms with Gasteiger partial charge in [0, 0.05) is 6.04 Å². The molecule has 0 N–H and O–H groups in total. The molecule has 1 fully saturated rings. The van der Waals surface area contributed by atoms with E-state index in [4.69, 9.17) is 0 Å². The maximum Gasteiger partial charge on any atom is 0.0319 e. The largest absolute Gasteiger partial charge is 0.297 e. The lowest BCUT2D eigenvalue weighted by Crippen LogP contribution is -2.22. The number of benzene rings is 1. The molecule has 13 heavy (non-hydrogen) atoms. The van der Waals surface area contributed by atoms with Crippen molar-refractivity contribution in [2.45, 2.75) is 25.8 Å². The standard InChI is InChI=1S/C12H17N/c1-11(13-9-5-6-10-13)12-7-3-2-4-8-12/h2-4,7-8,11H,5-6,9-10H2,1H3/t11-/m1/s1. The normalized spacial score (nSPS) is 20.4. The zero-order valence-corrected chi connectivity index (χ0v) is 8.24. The molecule has 1 aromatic carbocycles. The molecule has 0 unspecified atom stereocenters. The molecule has 1 aromatic rings. The fourth-order valence-electron chi connectivity index (χ4n) is 2.07. The molecular formula is C12H17N. The van der Waals surface area contributed by atoms with Gasteiger partial charge >= 0.3 is 0 Å². The van der Waals surface area contributed by atoms with Crippen LogP contribution in [0.4, 0.5) is 0 Å². The van der Waals surface area contributed by atoms with Crippen LogP contribution in [0.25, 0.3) is 0 Å². The maximum atomic E-state index is 2.56. The highest BCUT2D eigenvalue weighted by molar-refractivity contribution is 5.18. The lowest BCUT2D eigenvalue weighted by atomic mass is 10.1. The summed E-state index contributed by atoms with van der Waals surface area (Å²) in [6.45, 7) is 4.85. The van der Waals surface area contributed by atoms with Crippen LogP contribution < -0.4 is 0 Å². The van der Waals surface area contributed by atoms with Crippen molar-refractivity contribution < 1.29 is 0 Å². The minimum atomic E-state index is 0.601. The zero-order valence-electron chi connectivity index (χ0n) is 8.24. The Bertz CT molecular complexity index is 249. The molecule has 1 aliphatic rings. The Labute approximate surface area is 80.4 Å². The van der Waals surface area contributed by atoms with Crippen LogP contribution in [0.3, 0.4) is 0 Å². The first kappa shape index (κ1) is 8.76. The van der Waals surface area contributed by atoms with E-state index in [1.54, 1.807) is 0 Å². The van der Waals surface area contributed by atoms with E-state index >= 15 is 0 Å². The van der Waals surface area contributed by atoms with Crippen LogP contribution in [0, 0.1) is 0 Å². The second-order valence-corrected chi connectivity index (χ2v) is 3.83. The van der Waals surface area contributed by atoms with Gasteiger partial charge in [-0.3, -0.25) is 4.90 Å². The van der Waals surface area contributed by atoms with Gasteiger partial charge in [-0.2, -0.15) is 0 Å². The van der Waals surface area contributed by atoms with Crippen molar-refractivity contribution in [3.63, 3.8) is 0 Å². The van der Waals surface area contributed by atoms with Gasteiger partial charge in [0.15, 0.2) is 0 Å². The molecule has 1 heteroatoms. The molecule has 0 aliphatic carbocycles. The van der Waals surface area contributed by atoms with Crippen LogP contribution in [0.15, 0.2) is 30.3 Å². The number of nitrogens with zero attached hydrogens (tertiary/aromatic N) is 1. The summed E-state index contributed by atoms with van der Waals surface area (Å²) in [4.78, 5) is 2.56. The molecule has 2 rings (SSSR count). The fraction of sp³-hybridized carbons (Fsp3) is 0.500. The highest BCUT2D eigenvalue weighted by Gasteiger charge is 2.18. The van der Waals surface area contributed by atoms with Gasteiger partial charge < -0.3 is 0 Å². The van der Waals surface area contributed by atoms with E-state index in [1.807, 2.05) is 0 Å². The Morgan fingerprint density at radius 2 is 1.69 bits per heavy atom. The van der Waals surface area contributed by atoms with Crippen molar-refractivity contribution in [3.05, 3.63) is 35.9 Å². The number of hydrogen-bond acceptors (Lipinski definition) is 1. The molecule has 0 aromatic heterocycles. The maximum absolute atomic E-state index is 2.56. The Balaban J connectivity index is 2.08. The zero-order chi connectivity index (χ0) is 9.10. The molecule has 0 saturated carbocycles. The third-order valence-electron chi connectivity index (χ3n) is 2.97. The molecule has 0 spiro atoms. The van der Waals surface area contributed by atoms with Gasteiger partial charge in [0.1, 0.15) is 0 Å².